The summed E-state index contributed by atoms with van der Waals surface area (Å²) >= 11 is 0. The average molecular weight is 338 g/mol. The predicted octanol–water partition coefficient (Wildman–Crippen LogP) is 1.40. The highest BCUT2D eigenvalue weighted by Gasteiger charge is 2.33. The van der Waals surface area contributed by atoms with Gasteiger partial charge in [0.2, 0.25) is 5.91 Å². The van der Waals surface area contributed by atoms with Crippen molar-refractivity contribution >= 4 is 15.7 Å². The number of hydrogen-bond acceptors (Lipinski definition) is 4. The van der Waals surface area contributed by atoms with E-state index in [1.807, 2.05) is 44.2 Å². The third-order valence-corrected chi connectivity index (χ3v) is 6.16. The van der Waals surface area contributed by atoms with Crippen molar-refractivity contribution in [3.05, 3.63) is 35.9 Å². The van der Waals surface area contributed by atoms with Crippen LogP contribution in [0.2, 0.25) is 0 Å². The lowest BCUT2D eigenvalue weighted by Crippen LogP contribution is -2.33. The molecule has 1 aliphatic heterocycles. The summed E-state index contributed by atoms with van der Waals surface area (Å²) in [6, 6.07) is 9.81. The van der Waals surface area contributed by atoms with Gasteiger partial charge in [0.05, 0.1) is 11.5 Å². The first kappa shape index (κ1) is 17.9. The molecule has 128 valence electrons. The Morgan fingerprint density at radius 1 is 1.26 bits per heavy atom. The summed E-state index contributed by atoms with van der Waals surface area (Å²) < 4.78 is 23.8. The van der Waals surface area contributed by atoms with E-state index >= 15 is 0 Å². The molecule has 1 aliphatic rings. The highest BCUT2D eigenvalue weighted by atomic mass is 32.2. The van der Waals surface area contributed by atoms with Crippen LogP contribution in [0.3, 0.4) is 0 Å². The second-order valence-electron chi connectivity index (χ2n) is 6.74. The average Bonchev–Trinajstić information content (AvgIpc) is 2.86. The second kappa shape index (κ2) is 7.45. The SMILES string of the molecule is CC(C)CS(=O)(=O)CCC(=O)N1C[C@@H](N)[C@H](c2ccccc2)C1. The molecule has 5 nitrogen and oxygen atoms in total. The van der Waals surface area contributed by atoms with E-state index in [0.29, 0.717) is 13.1 Å². The van der Waals surface area contributed by atoms with E-state index in [-0.39, 0.29) is 41.7 Å². The van der Waals surface area contributed by atoms with E-state index in [2.05, 4.69) is 0 Å². The number of nitrogens with zero attached hydrogens (tertiary/aromatic N) is 1. The van der Waals surface area contributed by atoms with Crippen LogP contribution >= 0.6 is 0 Å². The van der Waals surface area contributed by atoms with Gasteiger partial charge in [0.15, 0.2) is 9.84 Å². The largest absolute Gasteiger partial charge is 0.340 e. The fraction of sp³-hybridized carbons (Fsp3) is 0.588. The maximum Gasteiger partial charge on any atom is 0.223 e. The Hall–Kier alpha value is -1.40. The fourth-order valence-electron chi connectivity index (χ4n) is 3.08. The van der Waals surface area contributed by atoms with Crippen LogP contribution in [0.4, 0.5) is 0 Å². The highest BCUT2D eigenvalue weighted by molar-refractivity contribution is 7.91. The van der Waals surface area contributed by atoms with Crippen molar-refractivity contribution in [2.24, 2.45) is 11.7 Å². The van der Waals surface area contributed by atoms with Crippen molar-refractivity contribution in [2.45, 2.75) is 32.2 Å². The van der Waals surface area contributed by atoms with Crippen LogP contribution in [0.1, 0.15) is 31.7 Å². The molecule has 0 radical (unpaired) electrons. The molecular weight excluding hydrogens is 312 g/mol. The lowest BCUT2D eigenvalue weighted by atomic mass is 9.95. The maximum atomic E-state index is 12.3. The third kappa shape index (κ3) is 5.04. The molecule has 0 aliphatic carbocycles. The van der Waals surface area contributed by atoms with Crippen molar-refractivity contribution in [1.82, 2.24) is 4.90 Å². The van der Waals surface area contributed by atoms with Gasteiger partial charge in [0.1, 0.15) is 0 Å². The normalized spacial score (nSPS) is 21.8. The van der Waals surface area contributed by atoms with Crippen LogP contribution in [-0.4, -0.2) is 49.9 Å². The molecule has 1 amide bonds. The number of rotatable bonds is 6. The molecular formula is C17H26N2O3S. The van der Waals surface area contributed by atoms with Crippen LogP contribution in [0.25, 0.3) is 0 Å². The number of sulfone groups is 1. The first-order chi connectivity index (χ1) is 10.8. The zero-order valence-corrected chi connectivity index (χ0v) is 14.6. The van der Waals surface area contributed by atoms with E-state index in [1.54, 1.807) is 4.90 Å². The van der Waals surface area contributed by atoms with E-state index in [1.165, 1.54) is 0 Å². The van der Waals surface area contributed by atoms with Gasteiger partial charge in [-0.1, -0.05) is 44.2 Å². The van der Waals surface area contributed by atoms with Gasteiger partial charge in [-0.25, -0.2) is 8.42 Å². The minimum absolute atomic E-state index is 0.0449. The fourth-order valence-corrected chi connectivity index (χ4v) is 4.75. The van der Waals surface area contributed by atoms with Crippen LogP contribution in [0, 0.1) is 5.92 Å². The van der Waals surface area contributed by atoms with Crippen LogP contribution in [0.15, 0.2) is 30.3 Å². The molecule has 1 aromatic rings. The Kier molecular flexibility index (Phi) is 5.81. The summed E-state index contributed by atoms with van der Waals surface area (Å²) in [5, 5.41) is 0. The minimum Gasteiger partial charge on any atom is -0.340 e. The van der Waals surface area contributed by atoms with Gasteiger partial charge in [-0.05, 0) is 11.5 Å². The Bertz CT molecular complexity index is 628. The van der Waals surface area contributed by atoms with Gasteiger partial charge in [-0.15, -0.1) is 0 Å². The molecule has 2 rings (SSSR count). The van der Waals surface area contributed by atoms with Crippen LogP contribution in [0.5, 0.6) is 0 Å². The second-order valence-corrected chi connectivity index (χ2v) is 8.97. The first-order valence-corrected chi connectivity index (χ1v) is 9.89. The smallest absolute Gasteiger partial charge is 0.223 e. The summed E-state index contributed by atoms with van der Waals surface area (Å²) in [5.41, 5.74) is 7.30. The van der Waals surface area contributed by atoms with E-state index in [0.717, 1.165) is 5.56 Å². The van der Waals surface area contributed by atoms with E-state index < -0.39 is 9.84 Å². The molecule has 0 spiro atoms. The molecule has 0 unspecified atom stereocenters. The van der Waals surface area contributed by atoms with Gasteiger partial charge >= 0.3 is 0 Å². The van der Waals surface area contributed by atoms with Gasteiger partial charge in [-0.3, -0.25) is 4.79 Å². The summed E-state index contributed by atoms with van der Waals surface area (Å²) in [6.07, 6.45) is 0.0449. The molecule has 1 heterocycles. The summed E-state index contributed by atoms with van der Waals surface area (Å²) in [7, 11) is -3.16. The molecule has 6 heteroatoms. The molecule has 1 aromatic carbocycles. The Labute approximate surface area is 138 Å². The highest BCUT2D eigenvalue weighted by Crippen LogP contribution is 2.26. The van der Waals surface area contributed by atoms with Crippen LogP contribution in [-0.2, 0) is 14.6 Å². The summed E-state index contributed by atoms with van der Waals surface area (Å²) in [5.74, 6) is 0.134. The zero-order chi connectivity index (χ0) is 17.0. The number of hydrogen-bond donors (Lipinski definition) is 1. The monoisotopic (exact) mass is 338 g/mol. The van der Waals surface area contributed by atoms with Crippen LogP contribution < -0.4 is 5.73 Å². The number of likely N-dealkylation sites (tertiary alicyclic amines) is 1. The van der Waals surface area contributed by atoms with E-state index in [9.17, 15) is 13.2 Å². The zero-order valence-electron chi connectivity index (χ0n) is 13.8. The number of nitrogens with two attached hydrogens (primary N) is 1. The molecule has 0 aromatic heterocycles. The lowest BCUT2D eigenvalue weighted by Gasteiger charge is -2.16. The Balaban J connectivity index is 1.92. The molecule has 2 N–H and O–H groups in total. The number of carbonyl (C=O) groups is 1. The number of amides is 1. The summed E-state index contributed by atoms with van der Waals surface area (Å²) in [4.78, 5) is 14.0. The lowest BCUT2D eigenvalue weighted by molar-refractivity contribution is -0.129. The topological polar surface area (TPSA) is 80.5 Å². The van der Waals surface area contributed by atoms with Crippen molar-refractivity contribution in [1.29, 1.82) is 0 Å². The van der Waals surface area contributed by atoms with Gasteiger partial charge < -0.3 is 10.6 Å². The van der Waals surface area contributed by atoms with E-state index in [4.69, 9.17) is 5.73 Å². The third-order valence-electron chi connectivity index (χ3n) is 4.16. The minimum atomic E-state index is -3.16. The number of carbonyl (C=O) groups excluding carboxylic acids is 1. The van der Waals surface area contributed by atoms with Crippen molar-refractivity contribution in [2.75, 3.05) is 24.6 Å². The molecule has 1 fully saturated rings. The van der Waals surface area contributed by atoms with Gasteiger partial charge in [0, 0.05) is 31.5 Å². The quantitative estimate of drug-likeness (QED) is 0.850. The first-order valence-electron chi connectivity index (χ1n) is 8.07. The summed E-state index contributed by atoms with van der Waals surface area (Å²) in [6.45, 7) is 4.78. The van der Waals surface area contributed by atoms with Gasteiger partial charge in [-0.2, -0.15) is 0 Å². The van der Waals surface area contributed by atoms with Crippen molar-refractivity contribution < 1.29 is 13.2 Å². The standard InChI is InChI=1S/C17H26N2O3S/c1-13(2)12-23(21,22)9-8-17(20)19-10-15(16(18)11-19)14-6-4-3-5-7-14/h3-7,13,15-16H,8-12,18H2,1-2H3/t15-,16+/m0/s1. The van der Waals surface area contributed by atoms with Crippen molar-refractivity contribution in [3.63, 3.8) is 0 Å². The number of benzene rings is 1. The molecule has 0 saturated carbocycles. The molecule has 1 saturated heterocycles. The van der Waals surface area contributed by atoms with Gasteiger partial charge in [0.25, 0.3) is 0 Å². The molecule has 23 heavy (non-hydrogen) atoms. The van der Waals surface area contributed by atoms with Crippen molar-refractivity contribution in [3.8, 4) is 0 Å². The predicted molar refractivity (Wildman–Crippen MR) is 91.8 cm³/mol. The Morgan fingerprint density at radius 3 is 2.52 bits per heavy atom. The maximum absolute atomic E-state index is 12.3. The Morgan fingerprint density at radius 2 is 1.91 bits per heavy atom. The molecule has 2 atom stereocenters. The molecule has 0 bridgehead atoms.